The predicted molar refractivity (Wildman–Crippen MR) is 233 cm³/mol. The van der Waals surface area contributed by atoms with E-state index < -0.39 is 119 Å². The second kappa shape index (κ2) is 25.5. The Morgan fingerprint density at radius 2 is 1.22 bits per heavy atom. The van der Waals surface area contributed by atoms with Gasteiger partial charge in [-0.25, -0.2) is 4.79 Å². The molecule has 2 rings (SSSR count). The maximum absolute atomic E-state index is 14.1. The summed E-state index contributed by atoms with van der Waals surface area (Å²) in [4.78, 5) is 120. The van der Waals surface area contributed by atoms with Gasteiger partial charge in [0, 0.05) is 19.4 Å². The van der Waals surface area contributed by atoms with Crippen LogP contribution in [0.5, 0.6) is 0 Å². The summed E-state index contributed by atoms with van der Waals surface area (Å²) in [7, 11) is 0. The molecule has 9 atom stereocenters. The monoisotopic (exact) mass is 887 g/mol. The van der Waals surface area contributed by atoms with E-state index in [9.17, 15) is 48.3 Å². The second-order valence-electron chi connectivity index (χ2n) is 17.6. The lowest BCUT2D eigenvalue weighted by atomic mass is 9.96. The second-order valence-corrected chi connectivity index (χ2v) is 17.6. The number of nitrogens with one attached hydrogen (secondary N) is 6. The van der Waals surface area contributed by atoms with Crippen molar-refractivity contribution in [3.05, 3.63) is 35.9 Å². The number of hydrogen-bond donors (Lipinski definition) is 9. The molecule has 0 unspecified atom stereocenters. The molecular weight excluding hydrogens is 817 g/mol. The van der Waals surface area contributed by atoms with Gasteiger partial charge >= 0.3 is 11.9 Å². The molecule has 1 fully saturated rings. The standard InChI is InChI=1S/C44H70N8O11/c1-10-26(8)36(51-38(56)29(45)18-19-33(53)54)42(60)48-31(22-28-15-12-11-13-16-28)40(58)47-30(21-23(2)3)39(57)46-27(9)37(55)49-34(24(4)5)41(59)50-35(25(6)7)43(61)52-20-14-17-32(52)44(62)63/h11-13,15-16,23-27,29-32,34-36H,10,14,17-22,45H2,1-9H3,(H,46,57)(H,47,58)(H,48,60)(H,49,55)(H,50,59)(H,51,56)(H,53,54)(H,62,63)/t26-,27-,29-,30-,31-,32-,34-,35-,36-/m0/s1. The fourth-order valence-electron chi connectivity index (χ4n) is 7.08. The molecule has 0 radical (unpaired) electrons. The van der Waals surface area contributed by atoms with Gasteiger partial charge in [0.15, 0.2) is 0 Å². The lowest BCUT2D eigenvalue weighted by Crippen LogP contribution is -2.61. The van der Waals surface area contributed by atoms with E-state index in [0.717, 1.165) is 0 Å². The van der Waals surface area contributed by atoms with Crippen molar-refractivity contribution in [2.24, 2.45) is 29.4 Å². The maximum Gasteiger partial charge on any atom is 0.326 e. The molecule has 63 heavy (non-hydrogen) atoms. The van der Waals surface area contributed by atoms with Gasteiger partial charge in [-0.05, 0) is 61.8 Å². The molecule has 19 nitrogen and oxygen atoms in total. The molecular formula is C44H70N8O11. The van der Waals surface area contributed by atoms with E-state index in [1.165, 1.54) is 11.8 Å². The number of carbonyl (C=O) groups is 9. The van der Waals surface area contributed by atoms with Crippen LogP contribution >= 0.6 is 0 Å². The first-order valence-corrected chi connectivity index (χ1v) is 21.9. The number of nitrogens with zero attached hydrogens (tertiary/aromatic N) is 1. The van der Waals surface area contributed by atoms with Gasteiger partial charge in [-0.1, -0.05) is 92.1 Å². The lowest BCUT2D eigenvalue weighted by molar-refractivity contribution is -0.150. The van der Waals surface area contributed by atoms with E-state index in [-0.39, 0.29) is 38.1 Å². The van der Waals surface area contributed by atoms with Crippen molar-refractivity contribution in [2.45, 2.75) is 156 Å². The number of carboxylic acid groups (broad SMARTS) is 2. The molecule has 0 spiro atoms. The molecule has 1 aromatic carbocycles. The van der Waals surface area contributed by atoms with Crippen LogP contribution in [-0.2, 0) is 49.6 Å². The zero-order chi connectivity index (χ0) is 47.7. The number of carboxylic acids is 2. The molecule has 1 aliphatic heterocycles. The summed E-state index contributed by atoms with van der Waals surface area (Å²) in [6.07, 6.45) is 0.910. The highest BCUT2D eigenvalue weighted by Crippen LogP contribution is 2.21. The Hall–Kier alpha value is -5.59. The summed E-state index contributed by atoms with van der Waals surface area (Å²) in [5, 5.41) is 34.7. The Balaban J connectivity index is 2.27. The summed E-state index contributed by atoms with van der Waals surface area (Å²) < 4.78 is 0. The molecule has 1 heterocycles. The number of likely N-dealkylation sites (tertiary alicyclic amines) is 1. The first kappa shape index (κ1) is 53.5. The number of benzene rings is 1. The fraction of sp³-hybridized carbons (Fsp3) is 0.659. The maximum atomic E-state index is 14.1. The van der Waals surface area contributed by atoms with Gasteiger partial charge in [-0.3, -0.25) is 38.4 Å². The summed E-state index contributed by atoms with van der Waals surface area (Å²) >= 11 is 0. The zero-order valence-electron chi connectivity index (χ0n) is 38.1. The van der Waals surface area contributed by atoms with Crippen LogP contribution in [0.2, 0.25) is 0 Å². The van der Waals surface area contributed by atoms with Crippen LogP contribution in [0.15, 0.2) is 30.3 Å². The minimum Gasteiger partial charge on any atom is -0.481 e. The molecule has 352 valence electrons. The highest BCUT2D eigenvalue weighted by Gasteiger charge is 2.40. The fourth-order valence-corrected chi connectivity index (χ4v) is 7.08. The average Bonchev–Trinajstić information content (AvgIpc) is 3.72. The Kier molecular flexibility index (Phi) is 21.7. The molecule has 0 saturated carbocycles. The van der Waals surface area contributed by atoms with E-state index in [1.807, 2.05) is 20.8 Å². The van der Waals surface area contributed by atoms with Crippen LogP contribution in [0.25, 0.3) is 0 Å². The van der Waals surface area contributed by atoms with E-state index >= 15 is 0 Å². The number of rotatable bonds is 25. The number of aliphatic carboxylic acids is 2. The predicted octanol–water partition coefficient (Wildman–Crippen LogP) is 0.830. The highest BCUT2D eigenvalue weighted by atomic mass is 16.4. The van der Waals surface area contributed by atoms with E-state index in [0.29, 0.717) is 24.8 Å². The Morgan fingerprint density at radius 3 is 1.76 bits per heavy atom. The molecule has 0 bridgehead atoms. The van der Waals surface area contributed by atoms with Crippen molar-refractivity contribution in [1.29, 1.82) is 0 Å². The Bertz CT molecular complexity index is 1760. The zero-order valence-corrected chi connectivity index (χ0v) is 38.1. The van der Waals surface area contributed by atoms with Crippen LogP contribution in [-0.4, -0.2) is 123 Å². The summed E-state index contributed by atoms with van der Waals surface area (Å²) in [6.45, 7) is 15.7. The molecule has 10 N–H and O–H groups in total. The molecule has 0 aromatic heterocycles. The number of hydrogen-bond acceptors (Lipinski definition) is 10. The van der Waals surface area contributed by atoms with Gasteiger partial charge in [0.1, 0.15) is 42.3 Å². The van der Waals surface area contributed by atoms with Gasteiger partial charge in [-0.2, -0.15) is 0 Å². The van der Waals surface area contributed by atoms with Crippen molar-refractivity contribution in [3.63, 3.8) is 0 Å². The summed E-state index contributed by atoms with van der Waals surface area (Å²) in [5.41, 5.74) is 6.60. The molecule has 1 aromatic rings. The van der Waals surface area contributed by atoms with Crippen molar-refractivity contribution < 1.29 is 53.4 Å². The normalized spacial score (nSPS) is 17.6. The van der Waals surface area contributed by atoms with Crippen LogP contribution in [0, 0.1) is 23.7 Å². The molecule has 19 heteroatoms. The van der Waals surface area contributed by atoms with Crippen LogP contribution in [0.1, 0.15) is 106 Å². The molecule has 1 saturated heterocycles. The smallest absolute Gasteiger partial charge is 0.326 e. The minimum atomic E-state index is -1.24. The van der Waals surface area contributed by atoms with Gasteiger partial charge in [0.2, 0.25) is 41.4 Å². The van der Waals surface area contributed by atoms with Gasteiger partial charge in [0.25, 0.3) is 0 Å². The van der Waals surface area contributed by atoms with E-state index in [2.05, 4.69) is 31.9 Å². The first-order valence-electron chi connectivity index (χ1n) is 21.9. The third-order valence-electron chi connectivity index (χ3n) is 11.1. The largest absolute Gasteiger partial charge is 0.481 e. The van der Waals surface area contributed by atoms with Crippen molar-refractivity contribution in [2.75, 3.05) is 6.54 Å². The van der Waals surface area contributed by atoms with Gasteiger partial charge < -0.3 is 52.7 Å². The Morgan fingerprint density at radius 1 is 0.683 bits per heavy atom. The molecule has 1 aliphatic rings. The SMILES string of the molecule is CC[C@H](C)[C@H](NC(=O)[C@@H](N)CCC(=O)O)C(=O)N[C@@H](Cc1ccccc1)C(=O)N[C@@H](CC(C)C)C(=O)N[C@@H](C)C(=O)N[C@H](C(=O)N[C@H](C(=O)N1CCC[C@H]1C(=O)O)C(C)C)C(C)C. The summed E-state index contributed by atoms with van der Waals surface area (Å²) in [5.74, 6) is -8.44. The summed E-state index contributed by atoms with van der Waals surface area (Å²) in [6, 6.07) is -0.330. The van der Waals surface area contributed by atoms with Crippen LogP contribution in [0.4, 0.5) is 0 Å². The van der Waals surface area contributed by atoms with Crippen LogP contribution in [0.3, 0.4) is 0 Å². The third-order valence-corrected chi connectivity index (χ3v) is 11.1. The highest BCUT2D eigenvalue weighted by molar-refractivity contribution is 5.97. The van der Waals surface area contributed by atoms with E-state index in [4.69, 9.17) is 10.8 Å². The molecule has 0 aliphatic carbocycles. The lowest BCUT2D eigenvalue weighted by Gasteiger charge is -2.31. The van der Waals surface area contributed by atoms with Crippen LogP contribution < -0.4 is 37.6 Å². The van der Waals surface area contributed by atoms with Gasteiger partial charge in [-0.15, -0.1) is 0 Å². The number of nitrogens with two attached hydrogens (primary N) is 1. The topological polar surface area (TPSA) is 296 Å². The average molecular weight is 887 g/mol. The third kappa shape index (κ3) is 16.9. The quantitative estimate of drug-likeness (QED) is 0.0660. The van der Waals surface area contributed by atoms with Gasteiger partial charge in [0.05, 0.1) is 6.04 Å². The van der Waals surface area contributed by atoms with Crippen molar-refractivity contribution >= 4 is 53.3 Å². The van der Waals surface area contributed by atoms with Crippen molar-refractivity contribution in [3.8, 4) is 0 Å². The number of carbonyl (C=O) groups excluding carboxylic acids is 7. The van der Waals surface area contributed by atoms with Crippen molar-refractivity contribution in [1.82, 2.24) is 36.8 Å². The van der Waals surface area contributed by atoms with E-state index in [1.54, 1.807) is 65.0 Å². The molecule has 7 amide bonds. The Labute approximate surface area is 370 Å². The minimum absolute atomic E-state index is 0.00657. The number of amides is 7. The first-order chi connectivity index (χ1) is 29.5.